The lowest BCUT2D eigenvalue weighted by Crippen LogP contribution is -2.24. The Morgan fingerprint density at radius 3 is 3.05 bits per heavy atom. The molecule has 6 heteroatoms. The Morgan fingerprint density at radius 1 is 1.38 bits per heavy atom. The Balaban J connectivity index is 1.40. The monoisotopic (exact) mass is 284 g/mol. The van der Waals surface area contributed by atoms with Crippen LogP contribution in [0.3, 0.4) is 0 Å². The van der Waals surface area contributed by atoms with Gasteiger partial charge in [0.2, 0.25) is 0 Å². The average molecular weight is 284 g/mol. The standard InChI is InChI=1S/C15H16N4O2/c20-15(14-12-7-21-8-13(12)18-19-14)17-6-11-4-3-10(5-16-11)9-1-2-9/h3-5,9H,1-2,6-8H2,(H,17,20)(H,18,19). The van der Waals surface area contributed by atoms with Gasteiger partial charge in [0.1, 0.15) is 0 Å². The second-order valence-electron chi connectivity index (χ2n) is 5.56. The van der Waals surface area contributed by atoms with Crippen LogP contribution < -0.4 is 5.32 Å². The summed E-state index contributed by atoms with van der Waals surface area (Å²) in [5.41, 5.74) is 4.34. The first-order valence-corrected chi connectivity index (χ1v) is 7.18. The normalized spacial score (nSPS) is 16.8. The van der Waals surface area contributed by atoms with E-state index in [0.717, 1.165) is 17.0 Å². The Bertz CT molecular complexity index is 673. The lowest BCUT2D eigenvalue weighted by Gasteiger charge is -2.05. The van der Waals surface area contributed by atoms with Gasteiger partial charge in [-0.3, -0.25) is 14.9 Å². The SMILES string of the molecule is O=C(NCc1ccc(C2CC2)cn1)c1n[nH]c2c1COC2. The highest BCUT2D eigenvalue weighted by molar-refractivity contribution is 5.93. The summed E-state index contributed by atoms with van der Waals surface area (Å²) in [7, 11) is 0. The lowest BCUT2D eigenvalue weighted by molar-refractivity contribution is 0.0937. The van der Waals surface area contributed by atoms with Crippen molar-refractivity contribution in [3.05, 3.63) is 46.5 Å². The highest BCUT2D eigenvalue weighted by atomic mass is 16.5. The highest BCUT2D eigenvalue weighted by Crippen LogP contribution is 2.39. The molecule has 2 aliphatic rings. The number of carbonyl (C=O) groups is 1. The van der Waals surface area contributed by atoms with Gasteiger partial charge >= 0.3 is 0 Å². The second-order valence-corrected chi connectivity index (χ2v) is 5.56. The quantitative estimate of drug-likeness (QED) is 0.894. The Labute approximate surface area is 121 Å². The van der Waals surface area contributed by atoms with Gasteiger partial charge in [0.15, 0.2) is 5.69 Å². The molecular formula is C15H16N4O2. The number of aromatic amines is 1. The number of ether oxygens (including phenoxy) is 1. The molecule has 1 aliphatic heterocycles. The molecule has 0 radical (unpaired) electrons. The molecule has 0 unspecified atom stereocenters. The molecular weight excluding hydrogens is 268 g/mol. The van der Waals surface area contributed by atoms with E-state index in [0.29, 0.717) is 31.4 Å². The fourth-order valence-electron chi connectivity index (χ4n) is 2.57. The minimum atomic E-state index is -0.189. The van der Waals surface area contributed by atoms with Crippen molar-refractivity contribution < 1.29 is 9.53 Å². The summed E-state index contributed by atoms with van der Waals surface area (Å²) in [5.74, 6) is 0.513. The van der Waals surface area contributed by atoms with Gasteiger partial charge in [0.05, 0.1) is 31.1 Å². The molecule has 1 saturated carbocycles. The summed E-state index contributed by atoms with van der Waals surface area (Å²) in [6.07, 6.45) is 4.45. The topological polar surface area (TPSA) is 79.9 Å². The van der Waals surface area contributed by atoms with Crippen LogP contribution in [0.1, 0.15) is 51.8 Å². The molecule has 1 aliphatic carbocycles. The minimum absolute atomic E-state index is 0.189. The molecule has 21 heavy (non-hydrogen) atoms. The fraction of sp³-hybridized carbons (Fsp3) is 0.400. The molecule has 1 fully saturated rings. The number of amides is 1. The first kappa shape index (κ1) is 12.5. The summed E-state index contributed by atoms with van der Waals surface area (Å²) in [5, 5.41) is 9.75. The first-order chi connectivity index (χ1) is 10.3. The summed E-state index contributed by atoms with van der Waals surface area (Å²) >= 11 is 0. The maximum Gasteiger partial charge on any atom is 0.272 e. The van der Waals surface area contributed by atoms with Crippen LogP contribution in [0, 0.1) is 0 Å². The molecule has 0 spiro atoms. The molecule has 0 bridgehead atoms. The maximum absolute atomic E-state index is 12.1. The molecule has 0 aromatic carbocycles. The van der Waals surface area contributed by atoms with Gasteiger partial charge in [-0.15, -0.1) is 0 Å². The predicted octanol–water partition coefficient (Wildman–Crippen LogP) is 1.64. The zero-order valence-electron chi connectivity index (χ0n) is 11.6. The van der Waals surface area contributed by atoms with Crippen molar-refractivity contribution in [2.45, 2.75) is 38.5 Å². The van der Waals surface area contributed by atoms with Gasteiger partial charge in [-0.05, 0) is 30.4 Å². The smallest absolute Gasteiger partial charge is 0.272 e. The summed E-state index contributed by atoms with van der Waals surface area (Å²) in [6, 6.07) is 4.08. The van der Waals surface area contributed by atoms with Crippen molar-refractivity contribution in [1.82, 2.24) is 20.5 Å². The number of H-pyrrole nitrogens is 1. The van der Waals surface area contributed by atoms with E-state index in [1.54, 1.807) is 0 Å². The van der Waals surface area contributed by atoms with Crippen LogP contribution in [0.4, 0.5) is 0 Å². The fourth-order valence-corrected chi connectivity index (χ4v) is 2.57. The Kier molecular flexibility index (Phi) is 2.96. The summed E-state index contributed by atoms with van der Waals surface area (Å²) in [6.45, 7) is 1.36. The predicted molar refractivity (Wildman–Crippen MR) is 74.5 cm³/mol. The Hall–Kier alpha value is -2.21. The van der Waals surface area contributed by atoms with Crippen molar-refractivity contribution in [3.63, 3.8) is 0 Å². The molecule has 4 rings (SSSR count). The zero-order chi connectivity index (χ0) is 14.2. The third-order valence-corrected chi connectivity index (χ3v) is 3.99. The van der Waals surface area contributed by atoms with Crippen LogP contribution >= 0.6 is 0 Å². The van der Waals surface area contributed by atoms with Crippen LogP contribution in [-0.4, -0.2) is 21.1 Å². The highest BCUT2D eigenvalue weighted by Gasteiger charge is 2.24. The third-order valence-electron chi connectivity index (χ3n) is 3.99. The van der Waals surface area contributed by atoms with E-state index >= 15 is 0 Å². The number of hydrogen-bond acceptors (Lipinski definition) is 4. The van der Waals surface area contributed by atoms with Crippen molar-refractivity contribution in [1.29, 1.82) is 0 Å². The number of fused-ring (bicyclic) bond motifs is 1. The van der Waals surface area contributed by atoms with E-state index in [1.807, 2.05) is 12.3 Å². The van der Waals surface area contributed by atoms with Crippen LogP contribution in [0.25, 0.3) is 0 Å². The number of rotatable bonds is 4. The summed E-state index contributed by atoms with van der Waals surface area (Å²) in [4.78, 5) is 16.5. The number of nitrogens with one attached hydrogen (secondary N) is 2. The Morgan fingerprint density at radius 2 is 2.29 bits per heavy atom. The third kappa shape index (κ3) is 2.42. The number of hydrogen-bond donors (Lipinski definition) is 2. The number of aromatic nitrogens is 3. The van der Waals surface area contributed by atoms with Gasteiger partial charge in [0, 0.05) is 11.8 Å². The molecule has 3 heterocycles. The summed E-state index contributed by atoms with van der Waals surface area (Å²) < 4.78 is 5.29. The van der Waals surface area contributed by atoms with E-state index in [9.17, 15) is 4.79 Å². The van der Waals surface area contributed by atoms with E-state index in [-0.39, 0.29) is 5.91 Å². The van der Waals surface area contributed by atoms with Gasteiger partial charge in [0.25, 0.3) is 5.91 Å². The number of nitrogens with zero attached hydrogens (tertiary/aromatic N) is 2. The molecule has 0 saturated heterocycles. The molecule has 2 N–H and O–H groups in total. The molecule has 6 nitrogen and oxygen atoms in total. The van der Waals surface area contributed by atoms with Crippen molar-refractivity contribution in [3.8, 4) is 0 Å². The molecule has 0 atom stereocenters. The molecule has 108 valence electrons. The molecule has 2 aromatic heterocycles. The first-order valence-electron chi connectivity index (χ1n) is 7.18. The lowest BCUT2D eigenvalue weighted by atomic mass is 10.2. The van der Waals surface area contributed by atoms with Crippen LogP contribution in [0.15, 0.2) is 18.3 Å². The number of pyridine rings is 1. The van der Waals surface area contributed by atoms with Gasteiger partial charge < -0.3 is 10.1 Å². The molecule has 2 aromatic rings. The van der Waals surface area contributed by atoms with E-state index in [4.69, 9.17) is 4.74 Å². The zero-order valence-corrected chi connectivity index (χ0v) is 11.6. The largest absolute Gasteiger partial charge is 0.370 e. The van der Waals surface area contributed by atoms with Crippen LogP contribution in [-0.2, 0) is 24.5 Å². The molecule has 1 amide bonds. The van der Waals surface area contributed by atoms with E-state index in [1.165, 1.54) is 18.4 Å². The van der Waals surface area contributed by atoms with E-state index < -0.39 is 0 Å². The maximum atomic E-state index is 12.1. The van der Waals surface area contributed by atoms with Crippen molar-refractivity contribution in [2.24, 2.45) is 0 Å². The van der Waals surface area contributed by atoms with Gasteiger partial charge in [-0.25, -0.2) is 0 Å². The van der Waals surface area contributed by atoms with Gasteiger partial charge in [-0.2, -0.15) is 5.10 Å². The van der Waals surface area contributed by atoms with Crippen molar-refractivity contribution in [2.75, 3.05) is 0 Å². The van der Waals surface area contributed by atoms with Crippen LogP contribution in [0.2, 0.25) is 0 Å². The van der Waals surface area contributed by atoms with Crippen LogP contribution in [0.5, 0.6) is 0 Å². The van der Waals surface area contributed by atoms with Gasteiger partial charge in [-0.1, -0.05) is 6.07 Å². The number of carbonyl (C=O) groups excluding carboxylic acids is 1. The van der Waals surface area contributed by atoms with Crippen molar-refractivity contribution >= 4 is 5.91 Å². The van der Waals surface area contributed by atoms with E-state index in [2.05, 4.69) is 26.6 Å². The minimum Gasteiger partial charge on any atom is -0.370 e. The second kappa shape index (κ2) is 4.96. The average Bonchev–Trinajstić information content (AvgIpc) is 3.11.